The predicted octanol–water partition coefficient (Wildman–Crippen LogP) is 4.40. The Morgan fingerprint density at radius 3 is 2.50 bits per heavy atom. The van der Waals surface area contributed by atoms with Crippen LogP contribution in [-0.2, 0) is 21.4 Å². The monoisotopic (exact) mass is 424 g/mol. The van der Waals surface area contributed by atoms with Crippen LogP contribution in [0.5, 0.6) is 5.75 Å². The van der Waals surface area contributed by atoms with E-state index in [4.69, 9.17) is 4.74 Å². The highest BCUT2D eigenvalue weighted by molar-refractivity contribution is 6.25. The number of carbonyl (C=O) groups excluding carboxylic acids is 2. The van der Waals surface area contributed by atoms with Gasteiger partial charge in [0.25, 0.3) is 0 Å². The van der Waals surface area contributed by atoms with Crippen molar-refractivity contribution in [3.05, 3.63) is 89.5 Å². The number of amides is 2. The Bertz CT molecular complexity index is 1240. The van der Waals surface area contributed by atoms with E-state index in [0.717, 1.165) is 24.2 Å². The predicted molar refractivity (Wildman–Crippen MR) is 123 cm³/mol. The molecule has 32 heavy (non-hydrogen) atoms. The fourth-order valence-electron chi connectivity index (χ4n) is 5.83. The first-order chi connectivity index (χ1) is 15.6. The summed E-state index contributed by atoms with van der Waals surface area (Å²) >= 11 is 0. The lowest BCUT2D eigenvalue weighted by atomic mass is 9.68. The molecule has 3 aromatic carbocycles. The highest BCUT2D eigenvalue weighted by Crippen LogP contribution is 2.54. The minimum Gasteiger partial charge on any atom is -0.497 e. The summed E-state index contributed by atoms with van der Waals surface area (Å²) in [6.45, 7) is 0.916. The van der Waals surface area contributed by atoms with Crippen molar-refractivity contribution in [3.63, 3.8) is 0 Å². The van der Waals surface area contributed by atoms with Crippen LogP contribution in [0.3, 0.4) is 0 Å². The molecule has 1 saturated heterocycles. The number of benzene rings is 3. The molecule has 1 spiro atoms. The number of nitrogens with zero attached hydrogens (tertiary/aromatic N) is 2. The molecule has 6 rings (SSSR count). The number of hydrogen-bond donors (Lipinski definition) is 0. The number of fused-ring (bicyclic) bond motifs is 6. The van der Waals surface area contributed by atoms with Crippen LogP contribution in [0, 0.1) is 0 Å². The molecule has 3 aliphatic rings. The minimum atomic E-state index is -0.848. The second kappa shape index (κ2) is 6.95. The number of ether oxygens (including phenoxy) is 1. The fourth-order valence-corrected chi connectivity index (χ4v) is 5.83. The van der Waals surface area contributed by atoms with Gasteiger partial charge >= 0.3 is 0 Å². The lowest BCUT2D eigenvalue weighted by molar-refractivity contribution is -0.123. The molecule has 0 aromatic heterocycles. The fraction of sp³-hybridized carbons (Fsp3) is 0.259. The minimum absolute atomic E-state index is 0.0856. The van der Waals surface area contributed by atoms with Crippen molar-refractivity contribution in [3.8, 4) is 5.75 Å². The summed E-state index contributed by atoms with van der Waals surface area (Å²) in [7, 11) is 1.60. The Morgan fingerprint density at radius 2 is 1.69 bits per heavy atom. The molecule has 3 aromatic rings. The van der Waals surface area contributed by atoms with Crippen molar-refractivity contribution < 1.29 is 14.3 Å². The average molecular weight is 425 g/mol. The van der Waals surface area contributed by atoms with Gasteiger partial charge in [-0.1, -0.05) is 42.5 Å². The summed E-state index contributed by atoms with van der Waals surface area (Å²) in [5.41, 5.74) is 4.42. The van der Waals surface area contributed by atoms with Crippen LogP contribution in [0.15, 0.2) is 72.8 Å². The summed E-state index contributed by atoms with van der Waals surface area (Å²) in [4.78, 5) is 31.1. The molecule has 0 radical (unpaired) electrons. The van der Waals surface area contributed by atoms with Gasteiger partial charge in [-0.3, -0.25) is 9.59 Å². The van der Waals surface area contributed by atoms with E-state index in [0.29, 0.717) is 17.9 Å². The maximum atomic E-state index is 14.1. The topological polar surface area (TPSA) is 49.9 Å². The van der Waals surface area contributed by atoms with Gasteiger partial charge in [-0.15, -0.1) is 0 Å². The van der Waals surface area contributed by atoms with Crippen LogP contribution in [-0.4, -0.2) is 25.5 Å². The lowest BCUT2D eigenvalue weighted by Gasteiger charge is -2.48. The zero-order valence-corrected chi connectivity index (χ0v) is 18.0. The van der Waals surface area contributed by atoms with Gasteiger partial charge in [0.05, 0.1) is 24.3 Å². The summed E-state index contributed by atoms with van der Waals surface area (Å²) < 4.78 is 5.24. The van der Waals surface area contributed by atoms with E-state index in [1.165, 1.54) is 16.0 Å². The van der Waals surface area contributed by atoms with Gasteiger partial charge in [-0.05, 0) is 59.9 Å². The first-order valence-corrected chi connectivity index (χ1v) is 11.1. The van der Waals surface area contributed by atoms with Crippen LogP contribution in [0.4, 0.5) is 11.4 Å². The van der Waals surface area contributed by atoms with Crippen LogP contribution in [0.25, 0.3) is 0 Å². The normalized spacial score (nSPS) is 23.7. The van der Waals surface area contributed by atoms with Crippen molar-refractivity contribution in [2.45, 2.75) is 30.7 Å². The van der Waals surface area contributed by atoms with Gasteiger partial charge in [-0.25, -0.2) is 4.90 Å². The molecular formula is C27H24N2O3. The molecule has 0 N–H and O–H groups in total. The average Bonchev–Trinajstić information content (AvgIpc) is 3.09. The van der Waals surface area contributed by atoms with Crippen molar-refractivity contribution in [1.82, 2.24) is 0 Å². The van der Waals surface area contributed by atoms with Gasteiger partial charge in [-0.2, -0.15) is 0 Å². The number of para-hydroxylation sites is 1. The molecule has 5 nitrogen and oxygen atoms in total. The molecule has 2 atom stereocenters. The van der Waals surface area contributed by atoms with Gasteiger partial charge in [0.2, 0.25) is 11.8 Å². The molecule has 160 valence electrons. The molecular weight excluding hydrogens is 400 g/mol. The third kappa shape index (κ3) is 2.57. The standard InChI is InChI=1S/C27H24N2O3/c1-32-20-12-10-19(11-13-20)29-25(30)17-27(26(29)31)16-24-21-7-3-2-6-18(21)14-15-28(24)23-9-5-4-8-22(23)27/h2-13,24H,14-17H2,1H3. The number of methoxy groups -OCH3 is 1. The molecule has 5 heteroatoms. The van der Waals surface area contributed by atoms with Crippen LogP contribution < -0.4 is 14.5 Å². The van der Waals surface area contributed by atoms with Crippen LogP contribution >= 0.6 is 0 Å². The first-order valence-electron chi connectivity index (χ1n) is 11.1. The number of anilines is 2. The maximum Gasteiger partial charge on any atom is 0.245 e. The molecule has 2 unspecified atom stereocenters. The molecule has 0 saturated carbocycles. The zero-order valence-electron chi connectivity index (χ0n) is 18.0. The third-order valence-corrected chi connectivity index (χ3v) is 7.33. The largest absolute Gasteiger partial charge is 0.497 e. The Balaban J connectivity index is 1.48. The smallest absolute Gasteiger partial charge is 0.245 e. The van der Waals surface area contributed by atoms with E-state index in [1.807, 2.05) is 18.2 Å². The second-order valence-corrected chi connectivity index (χ2v) is 8.87. The van der Waals surface area contributed by atoms with E-state index in [2.05, 4.69) is 35.2 Å². The van der Waals surface area contributed by atoms with Gasteiger partial charge in [0.1, 0.15) is 5.75 Å². The second-order valence-electron chi connectivity index (χ2n) is 8.87. The van der Waals surface area contributed by atoms with Crippen molar-refractivity contribution in [1.29, 1.82) is 0 Å². The van der Waals surface area contributed by atoms with Crippen LogP contribution in [0.2, 0.25) is 0 Å². The number of imide groups is 1. The molecule has 0 bridgehead atoms. The number of hydrogen-bond acceptors (Lipinski definition) is 4. The van der Waals surface area contributed by atoms with Gasteiger partial charge in [0.15, 0.2) is 0 Å². The SMILES string of the molecule is COc1ccc(N2C(=O)CC3(CC4c5ccccc5CCN4c4ccccc43)C2=O)cc1. The quantitative estimate of drug-likeness (QED) is 0.572. The zero-order chi connectivity index (χ0) is 21.9. The van der Waals surface area contributed by atoms with E-state index in [1.54, 1.807) is 31.4 Å². The van der Waals surface area contributed by atoms with E-state index >= 15 is 0 Å². The molecule has 2 amide bonds. The van der Waals surface area contributed by atoms with Crippen molar-refractivity contribution in [2.24, 2.45) is 0 Å². The summed E-state index contributed by atoms with van der Waals surface area (Å²) in [6.07, 6.45) is 1.79. The Morgan fingerprint density at radius 1 is 0.938 bits per heavy atom. The van der Waals surface area contributed by atoms with E-state index in [-0.39, 0.29) is 24.3 Å². The first kappa shape index (κ1) is 19.1. The number of rotatable bonds is 2. The molecule has 3 aliphatic heterocycles. The molecule has 1 fully saturated rings. The van der Waals surface area contributed by atoms with E-state index in [9.17, 15) is 9.59 Å². The number of carbonyl (C=O) groups is 2. The van der Waals surface area contributed by atoms with Gasteiger partial charge in [0, 0.05) is 18.7 Å². The lowest BCUT2D eigenvalue weighted by Crippen LogP contribution is -2.49. The summed E-state index contributed by atoms with van der Waals surface area (Å²) in [6, 6.07) is 23.9. The molecule has 0 aliphatic carbocycles. The summed E-state index contributed by atoms with van der Waals surface area (Å²) in [5.74, 6) is 0.426. The van der Waals surface area contributed by atoms with Crippen molar-refractivity contribution >= 4 is 23.2 Å². The highest BCUT2D eigenvalue weighted by atomic mass is 16.5. The van der Waals surface area contributed by atoms with Crippen LogP contribution in [0.1, 0.15) is 35.6 Å². The van der Waals surface area contributed by atoms with E-state index < -0.39 is 5.41 Å². The molecule has 3 heterocycles. The Labute approximate surface area is 187 Å². The summed E-state index contributed by atoms with van der Waals surface area (Å²) in [5, 5.41) is 0. The maximum absolute atomic E-state index is 14.1. The van der Waals surface area contributed by atoms with Crippen molar-refractivity contribution in [2.75, 3.05) is 23.5 Å². The third-order valence-electron chi connectivity index (χ3n) is 7.33. The highest BCUT2D eigenvalue weighted by Gasteiger charge is 2.58. The Kier molecular flexibility index (Phi) is 4.15. The van der Waals surface area contributed by atoms with Gasteiger partial charge < -0.3 is 9.64 Å². The Hall–Kier alpha value is -3.60.